The number of hydrogen-bond donors (Lipinski definition) is 1. The number of nitrogens with one attached hydrogen (secondary N) is 1. The largest absolute Gasteiger partial charge is 0.484 e. The van der Waals surface area contributed by atoms with E-state index < -0.39 is 0 Å². The molecule has 0 saturated carbocycles. The molecule has 0 aromatic heterocycles. The van der Waals surface area contributed by atoms with Gasteiger partial charge in [0.15, 0.2) is 6.61 Å². The number of benzene rings is 1. The number of piperidine rings is 1. The van der Waals surface area contributed by atoms with Gasteiger partial charge in [0, 0.05) is 26.1 Å². The number of carbonyl (C=O) groups is 2. The molecular weight excluding hydrogens is 280 g/mol. The molecule has 1 aromatic carbocycles. The van der Waals surface area contributed by atoms with Crippen LogP contribution in [0.1, 0.15) is 30.9 Å². The zero-order valence-corrected chi connectivity index (χ0v) is 13.5. The molecule has 1 aliphatic heterocycles. The summed E-state index contributed by atoms with van der Waals surface area (Å²) in [5.74, 6) is 0.701. The average molecular weight is 304 g/mol. The van der Waals surface area contributed by atoms with Crippen LogP contribution >= 0.6 is 0 Å². The Hall–Kier alpha value is -2.04. The summed E-state index contributed by atoms with van der Waals surface area (Å²) in [7, 11) is 0. The smallest absolute Gasteiger partial charge is 0.258 e. The molecule has 5 nitrogen and oxygen atoms in total. The van der Waals surface area contributed by atoms with Gasteiger partial charge in [-0.3, -0.25) is 9.59 Å². The van der Waals surface area contributed by atoms with Gasteiger partial charge < -0.3 is 15.0 Å². The third-order valence-electron chi connectivity index (χ3n) is 4.15. The molecule has 0 spiro atoms. The summed E-state index contributed by atoms with van der Waals surface area (Å²) in [5.41, 5.74) is 2.35. The molecule has 0 unspecified atom stereocenters. The van der Waals surface area contributed by atoms with Crippen molar-refractivity contribution in [2.24, 2.45) is 0 Å². The highest BCUT2D eigenvalue weighted by molar-refractivity contribution is 5.78. The first kappa shape index (κ1) is 16.3. The van der Waals surface area contributed by atoms with Crippen molar-refractivity contribution in [1.82, 2.24) is 10.2 Å². The lowest BCUT2D eigenvalue weighted by Gasteiger charge is -2.31. The van der Waals surface area contributed by atoms with Gasteiger partial charge in [-0.25, -0.2) is 0 Å². The van der Waals surface area contributed by atoms with Gasteiger partial charge in [0.05, 0.1) is 0 Å². The number of ether oxygens (including phenoxy) is 1. The van der Waals surface area contributed by atoms with Gasteiger partial charge in [-0.15, -0.1) is 0 Å². The first-order valence-corrected chi connectivity index (χ1v) is 7.70. The molecular formula is C17H24N2O3. The molecule has 0 radical (unpaired) electrons. The molecule has 1 aromatic rings. The molecule has 1 N–H and O–H groups in total. The highest BCUT2D eigenvalue weighted by Gasteiger charge is 2.21. The predicted octanol–water partition coefficient (Wildman–Crippen LogP) is 1.81. The molecule has 22 heavy (non-hydrogen) atoms. The summed E-state index contributed by atoms with van der Waals surface area (Å²) in [6.07, 6.45) is 1.60. The molecule has 2 rings (SSSR count). The highest BCUT2D eigenvalue weighted by Crippen LogP contribution is 2.16. The van der Waals surface area contributed by atoms with Gasteiger partial charge in [-0.2, -0.15) is 0 Å². The van der Waals surface area contributed by atoms with Crippen molar-refractivity contribution in [2.45, 2.75) is 39.7 Å². The van der Waals surface area contributed by atoms with Crippen LogP contribution in [0.25, 0.3) is 0 Å². The standard InChI is InChI=1S/C17H24N2O3/c1-12-4-5-16(10-13(12)2)22-11-17(21)18-15-6-8-19(9-7-15)14(3)20/h4-5,10,15H,6-9,11H2,1-3H3,(H,18,21). The van der Waals surface area contributed by atoms with Crippen LogP contribution in [0, 0.1) is 13.8 Å². The summed E-state index contributed by atoms with van der Waals surface area (Å²) >= 11 is 0. The van der Waals surface area contributed by atoms with Crippen LogP contribution in [-0.2, 0) is 9.59 Å². The number of likely N-dealkylation sites (tertiary alicyclic amines) is 1. The minimum absolute atomic E-state index is 0.0232. The second kappa shape index (κ2) is 7.29. The van der Waals surface area contributed by atoms with Gasteiger partial charge in [-0.1, -0.05) is 6.07 Å². The van der Waals surface area contributed by atoms with Crippen molar-refractivity contribution in [3.05, 3.63) is 29.3 Å². The second-order valence-electron chi connectivity index (χ2n) is 5.88. The minimum atomic E-state index is -0.112. The second-order valence-corrected chi connectivity index (χ2v) is 5.88. The molecule has 5 heteroatoms. The molecule has 0 atom stereocenters. The van der Waals surface area contributed by atoms with E-state index in [2.05, 4.69) is 5.32 Å². The van der Waals surface area contributed by atoms with Gasteiger partial charge in [0.2, 0.25) is 5.91 Å². The first-order valence-electron chi connectivity index (χ1n) is 7.70. The summed E-state index contributed by atoms with van der Waals surface area (Å²) in [6, 6.07) is 5.93. The van der Waals surface area contributed by atoms with Crippen LogP contribution in [0.5, 0.6) is 5.75 Å². The number of hydrogen-bond acceptors (Lipinski definition) is 3. The van der Waals surface area contributed by atoms with Crippen LogP contribution in [-0.4, -0.2) is 42.5 Å². The number of carbonyl (C=O) groups excluding carboxylic acids is 2. The lowest BCUT2D eigenvalue weighted by atomic mass is 10.1. The Morgan fingerprint density at radius 3 is 2.50 bits per heavy atom. The maximum atomic E-state index is 11.9. The van der Waals surface area contributed by atoms with Crippen molar-refractivity contribution in [1.29, 1.82) is 0 Å². The summed E-state index contributed by atoms with van der Waals surface area (Å²) in [4.78, 5) is 25.0. The molecule has 0 aliphatic carbocycles. The van der Waals surface area contributed by atoms with Crippen LogP contribution in [0.3, 0.4) is 0 Å². The lowest BCUT2D eigenvalue weighted by Crippen LogP contribution is -2.47. The molecule has 1 heterocycles. The van der Waals surface area contributed by atoms with Crippen LogP contribution in [0.4, 0.5) is 0 Å². The van der Waals surface area contributed by atoms with E-state index >= 15 is 0 Å². The van der Waals surface area contributed by atoms with E-state index in [4.69, 9.17) is 4.74 Å². The van der Waals surface area contributed by atoms with Gasteiger partial charge in [0.1, 0.15) is 5.75 Å². The first-order chi connectivity index (χ1) is 10.5. The van der Waals surface area contributed by atoms with Crippen molar-refractivity contribution < 1.29 is 14.3 Å². The van der Waals surface area contributed by atoms with Crippen LogP contribution in [0.2, 0.25) is 0 Å². The number of rotatable bonds is 4. The van der Waals surface area contributed by atoms with Crippen molar-refractivity contribution >= 4 is 11.8 Å². The molecule has 1 aliphatic rings. The SMILES string of the molecule is CC(=O)N1CCC(NC(=O)COc2ccc(C)c(C)c2)CC1. The lowest BCUT2D eigenvalue weighted by molar-refractivity contribution is -0.130. The van der Waals surface area contributed by atoms with Crippen molar-refractivity contribution in [3.8, 4) is 5.75 Å². The Bertz CT molecular complexity index is 549. The molecule has 1 fully saturated rings. The molecule has 1 saturated heterocycles. The summed E-state index contributed by atoms with van der Waals surface area (Å²) < 4.78 is 5.53. The quantitative estimate of drug-likeness (QED) is 0.923. The third kappa shape index (κ3) is 4.48. The Morgan fingerprint density at radius 2 is 1.91 bits per heavy atom. The van der Waals surface area contributed by atoms with E-state index in [1.807, 2.05) is 36.9 Å². The van der Waals surface area contributed by atoms with Gasteiger partial charge >= 0.3 is 0 Å². The van der Waals surface area contributed by atoms with E-state index in [0.717, 1.165) is 18.4 Å². The van der Waals surface area contributed by atoms with Crippen molar-refractivity contribution in [2.75, 3.05) is 19.7 Å². The van der Waals surface area contributed by atoms with Crippen molar-refractivity contribution in [3.63, 3.8) is 0 Å². The molecule has 2 amide bonds. The Kier molecular flexibility index (Phi) is 5.41. The van der Waals surface area contributed by atoms with E-state index in [-0.39, 0.29) is 24.5 Å². The zero-order valence-electron chi connectivity index (χ0n) is 13.5. The number of nitrogens with zero attached hydrogens (tertiary/aromatic N) is 1. The monoisotopic (exact) mass is 304 g/mol. The van der Waals surface area contributed by atoms with E-state index in [0.29, 0.717) is 18.8 Å². The number of aryl methyl sites for hydroxylation is 2. The Balaban J connectivity index is 1.74. The fraction of sp³-hybridized carbons (Fsp3) is 0.529. The minimum Gasteiger partial charge on any atom is -0.484 e. The van der Waals surface area contributed by atoms with Crippen LogP contribution < -0.4 is 10.1 Å². The fourth-order valence-corrected chi connectivity index (χ4v) is 2.56. The average Bonchev–Trinajstić information content (AvgIpc) is 2.49. The Morgan fingerprint density at radius 1 is 1.23 bits per heavy atom. The zero-order chi connectivity index (χ0) is 16.1. The molecule has 0 bridgehead atoms. The highest BCUT2D eigenvalue weighted by atomic mass is 16.5. The van der Waals surface area contributed by atoms with E-state index in [1.165, 1.54) is 5.56 Å². The van der Waals surface area contributed by atoms with E-state index in [1.54, 1.807) is 6.92 Å². The molecule has 120 valence electrons. The number of amides is 2. The normalized spacial score (nSPS) is 15.5. The predicted molar refractivity (Wildman–Crippen MR) is 84.8 cm³/mol. The van der Waals surface area contributed by atoms with Gasteiger partial charge in [-0.05, 0) is 49.9 Å². The van der Waals surface area contributed by atoms with Crippen LogP contribution in [0.15, 0.2) is 18.2 Å². The maximum Gasteiger partial charge on any atom is 0.258 e. The van der Waals surface area contributed by atoms with E-state index in [9.17, 15) is 9.59 Å². The fourth-order valence-electron chi connectivity index (χ4n) is 2.56. The summed E-state index contributed by atoms with van der Waals surface area (Å²) in [5, 5.41) is 2.97. The van der Waals surface area contributed by atoms with Gasteiger partial charge in [0.25, 0.3) is 5.91 Å². The third-order valence-corrected chi connectivity index (χ3v) is 4.15. The Labute approximate surface area is 131 Å². The summed E-state index contributed by atoms with van der Waals surface area (Å²) in [6.45, 7) is 7.08. The maximum absolute atomic E-state index is 11.9. The topological polar surface area (TPSA) is 58.6 Å².